The summed E-state index contributed by atoms with van der Waals surface area (Å²) >= 11 is 0. The van der Waals surface area contributed by atoms with E-state index in [1.807, 2.05) is 33.8 Å². The lowest BCUT2D eigenvalue weighted by atomic mass is 9.50. The van der Waals surface area contributed by atoms with Gasteiger partial charge in [0.2, 0.25) is 0 Å². The van der Waals surface area contributed by atoms with E-state index in [0.29, 0.717) is 12.0 Å². The molecule has 0 spiro atoms. The predicted molar refractivity (Wildman–Crippen MR) is 78.1 cm³/mol. The molecule has 0 aromatic heterocycles. The van der Waals surface area contributed by atoms with Crippen LogP contribution in [-0.4, -0.2) is 18.9 Å². The summed E-state index contributed by atoms with van der Waals surface area (Å²) in [5.74, 6) is -0.0249. The molecule has 3 nitrogen and oxygen atoms in total. The summed E-state index contributed by atoms with van der Waals surface area (Å²) < 4.78 is 4.91. The summed E-state index contributed by atoms with van der Waals surface area (Å²) in [6.07, 6.45) is 6.39. The topological polar surface area (TPSA) is 43.4 Å². The van der Waals surface area contributed by atoms with Crippen molar-refractivity contribution in [1.29, 1.82) is 0 Å². The number of rotatable bonds is 3. The SMILES string of the molecule is COC(=O)C1=C[C@@]2(C)CC[C@@H]1[C@@](C)(CC=C(C)C)C2=O. The molecule has 3 rings (SSSR count). The van der Waals surface area contributed by atoms with Crippen LogP contribution in [-0.2, 0) is 14.3 Å². The minimum atomic E-state index is -0.511. The molecule has 1 fully saturated rings. The van der Waals surface area contributed by atoms with Crippen LogP contribution in [0.5, 0.6) is 0 Å². The Labute approximate surface area is 121 Å². The van der Waals surface area contributed by atoms with Crippen LogP contribution in [0.1, 0.15) is 47.0 Å². The summed E-state index contributed by atoms with van der Waals surface area (Å²) in [5, 5.41) is 0. The van der Waals surface area contributed by atoms with Crippen LogP contribution in [0.3, 0.4) is 0 Å². The summed E-state index contributed by atoms with van der Waals surface area (Å²) in [6.45, 7) is 8.03. The van der Waals surface area contributed by atoms with Crippen molar-refractivity contribution in [2.24, 2.45) is 16.7 Å². The zero-order chi connectivity index (χ0) is 15.1. The number of ether oxygens (including phenoxy) is 1. The van der Waals surface area contributed by atoms with Crippen molar-refractivity contribution in [2.45, 2.75) is 47.0 Å². The van der Waals surface area contributed by atoms with Crippen molar-refractivity contribution in [2.75, 3.05) is 7.11 Å². The number of fused-ring (bicyclic) bond motifs is 2. The number of methoxy groups -OCH3 is 1. The smallest absolute Gasteiger partial charge is 0.333 e. The van der Waals surface area contributed by atoms with E-state index < -0.39 is 10.8 Å². The van der Waals surface area contributed by atoms with E-state index in [9.17, 15) is 9.59 Å². The highest BCUT2D eigenvalue weighted by Crippen LogP contribution is 2.57. The third kappa shape index (κ3) is 2.13. The van der Waals surface area contributed by atoms with Gasteiger partial charge in [0.15, 0.2) is 0 Å². The molecule has 0 unspecified atom stereocenters. The third-order valence-corrected chi connectivity index (χ3v) is 4.96. The van der Waals surface area contributed by atoms with Gasteiger partial charge < -0.3 is 4.74 Å². The molecule has 3 aliphatic carbocycles. The van der Waals surface area contributed by atoms with Crippen LogP contribution in [0.4, 0.5) is 0 Å². The van der Waals surface area contributed by atoms with Gasteiger partial charge in [0.1, 0.15) is 5.78 Å². The highest BCUT2D eigenvalue weighted by Gasteiger charge is 2.57. The van der Waals surface area contributed by atoms with Crippen LogP contribution in [0.15, 0.2) is 23.3 Å². The normalized spacial score (nSPS) is 35.5. The van der Waals surface area contributed by atoms with Crippen molar-refractivity contribution < 1.29 is 14.3 Å². The molecule has 0 saturated heterocycles. The van der Waals surface area contributed by atoms with Gasteiger partial charge in [-0.25, -0.2) is 4.79 Å². The lowest BCUT2D eigenvalue weighted by Crippen LogP contribution is -2.54. The average molecular weight is 276 g/mol. The van der Waals surface area contributed by atoms with Gasteiger partial charge in [0.05, 0.1) is 7.11 Å². The van der Waals surface area contributed by atoms with Gasteiger partial charge in [0.25, 0.3) is 0 Å². The van der Waals surface area contributed by atoms with Crippen LogP contribution in [0.2, 0.25) is 0 Å². The monoisotopic (exact) mass is 276 g/mol. The van der Waals surface area contributed by atoms with E-state index >= 15 is 0 Å². The Hall–Kier alpha value is -1.38. The molecule has 0 aromatic rings. The number of ketones is 1. The lowest BCUT2D eigenvalue weighted by Gasteiger charge is -2.51. The van der Waals surface area contributed by atoms with Gasteiger partial charge >= 0.3 is 5.97 Å². The van der Waals surface area contributed by atoms with E-state index in [1.54, 1.807) is 0 Å². The van der Waals surface area contributed by atoms with Crippen molar-refractivity contribution in [3.8, 4) is 0 Å². The van der Waals surface area contributed by atoms with Crippen molar-refractivity contribution in [3.63, 3.8) is 0 Å². The van der Waals surface area contributed by atoms with Gasteiger partial charge in [-0.3, -0.25) is 4.79 Å². The second-order valence-corrected chi connectivity index (χ2v) is 6.83. The Kier molecular flexibility index (Phi) is 3.66. The number of hydrogen-bond acceptors (Lipinski definition) is 3. The van der Waals surface area contributed by atoms with Crippen molar-refractivity contribution in [1.82, 2.24) is 0 Å². The number of carbonyl (C=O) groups excluding carboxylic acids is 2. The minimum absolute atomic E-state index is 0.0140. The molecule has 0 heterocycles. The Morgan fingerprint density at radius 3 is 2.65 bits per heavy atom. The van der Waals surface area contributed by atoms with Crippen LogP contribution in [0, 0.1) is 16.7 Å². The van der Waals surface area contributed by atoms with E-state index in [2.05, 4.69) is 6.08 Å². The van der Waals surface area contributed by atoms with E-state index in [1.165, 1.54) is 12.7 Å². The Morgan fingerprint density at radius 1 is 1.45 bits per heavy atom. The van der Waals surface area contributed by atoms with Crippen molar-refractivity contribution in [3.05, 3.63) is 23.3 Å². The number of carbonyl (C=O) groups is 2. The fourth-order valence-corrected chi connectivity index (χ4v) is 3.74. The van der Waals surface area contributed by atoms with Gasteiger partial charge in [-0.2, -0.15) is 0 Å². The standard InChI is InChI=1S/C17H24O3/c1-11(2)6-9-17(4)13-7-8-16(3,15(17)19)10-12(13)14(18)20-5/h6,10,13H,7-9H2,1-5H3/t13-,16+,17+/m0/s1. The molecular formula is C17H24O3. The highest BCUT2D eigenvalue weighted by molar-refractivity contribution is 6.00. The Bertz CT molecular complexity index is 510. The van der Waals surface area contributed by atoms with Crippen LogP contribution < -0.4 is 0 Å². The minimum Gasteiger partial charge on any atom is -0.466 e. The summed E-state index contributed by atoms with van der Waals surface area (Å²) in [7, 11) is 1.41. The van der Waals surface area contributed by atoms with Gasteiger partial charge in [-0.1, -0.05) is 24.6 Å². The molecule has 3 aliphatic rings. The van der Waals surface area contributed by atoms with Crippen LogP contribution >= 0.6 is 0 Å². The number of Topliss-reactive ketones (excluding diaryl/α,β-unsaturated/α-hetero) is 1. The number of hydrogen-bond donors (Lipinski definition) is 0. The molecule has 3 atom stereocenters. The first kappa shape index (κ1) is 15.0. The fourth-order valence-electron chi connectivity index (χ4n) is 3.74. The maximum Gasteiger partial charge on any atom is 0.333 e. The molecule has 20 heavy (non-hydrogen) atoms. The molecular weight excluding hydrogens is 252 g/mol. The largest absolute Gasteiger partial charge is 0.466 e. The van der Waals surface area contributed by atoms with Gasteiger partial charge in [-0.15, -0.1) is 0 Å². The summed E-state index contributed by atoms with van der Waals surface area (Å²) in [4.78, 5) is 24.9. The number of esters is 1. The zero-order valence-corrected chi connectivity index (χ0v) is 13.1. The molecule has 2 bridgehead atoms. The molecule has 110 valence electrons. The summed E-state index contributed by atoms with van der Waals surface area (Å²) in [5.41, 5.74) is 0.908. The number of allylic oxidation sites excluding steroid dienone is 3. The molecule has 3 heteroatoms. The average Bonchev–Trinajstić information content (AvgIpc) is 2.41. The summed E-state index contributed by atoms with van der Waals surface area (Å²) in [6, 6.07) is 0. The van der Waals surface area contributed by atoms with E-state index in [-0.39, 0.29) is 17.7 Å². The molecule has 1 saturated carbocycles. The fraction of sp³-hybridized carbons (Fsp3) is 0.647. The van der Waals surface area contributed by atoms with Gasteiger partial charge in [-0.05, 0) is 40.0 Å². The van der Waals surface area contributed by atoms with Gasteiger partial charge in [0, 0.05) is 22.3 Å². The van der Waals surface area contributed by atoms with E-state index in [4.69, 9.17) is 4.74 Å². The molecule has 0 aliphatic heterocycles. The lowest BCUT2D eigenvalue weighted by molar-refractivity contribution is -0.147. The second-order valence-electron chi connectivity index (χ2n) is 6.83. The quantitative estimate of drug-likeness (QED) is 0.586. The Balaban J connectivity index is 2.47. The Morgan fingerprint density at radius 2 is 2.10 bits per heavy atom. The van der Waals surface area contributed by atoms with Crippen LogP contribution in [0.25, 0.3) is 0 Å². The molecule has 0 radical (unpaired) electrons. The molecule has 0 N–H and O–H groups in total. The van der Waals surface area contributed by atoms with E-state index in [0.717, 1.165) is 12.8 Å². The zero-order valence-electron chi connectivity index (χ0n) is 13.1. The maximum atomic E-state index is 12.9. The third-order valence-electron chi connectivity index (χ3n) is 4.96. The first-order chi connectivity index (χ1) is 9.24. The predicted octanol–water partition coefficient (Wildman–Crippen LogP) is 3.45. The molecule has 0 amide bonds. The first-order valence-electron chi connectivity index (χ1n) is 7.24. The maximum absolute atomic E-state index is 12.9. The first-order valence-corrected chi connectivity index (χ1v) is 7.24. The van der Waals surface area contributed by atoms with Crippen molar-refractivity contribution >= 4 is 11.8 Å². The second kappa shape index (κ2) is 4.87. The molecule has 0 aromatic carbocycles. The highest BCUT2D eigenvalue weighted by atomic mass is 16.5.